The fraction of sp³-hybridized carbons (Fsp3) is 0.316. The summed E-state index contributed by atoms with van der Waals surface area (Å²) in [5.41, 5.74) is 1.03. The van der Waals surface area contributed by atoms with Crippen molar-refractivity contribution in [3.8, 4) is 0 Å². The summed E-state index contributed by atoms with van der Waals surface area (Å²) < 4.78 is 1.04. The van der Waals surface area contributed by atoms with Gasteiger partial charge in [-0.3, -0.25) is 0 Å². The number of nitrogens with zero attached hydrogens (tertiary/aromatic N) is 1. The summed E-state index contributed by atoms with van der Waals surface area (Å²) in [4.78, 5) is 4.58. The lowest BCUT2D eigenvalue weighted by Gasteiger charge is -2.25. The van der Waals surface area contributed by atoms with Crippen molar-refractivity contribution in [2.45, 2.75) is 26.0 Å². The standard InChI is InChI=1S/C19H24BrN3O.HI/c1-3-21-18(22-13-15-8-7-11-17(20)12-15)23-14-19(2,24)16-9-5-4-6-10-16;/h4-12,24H,3,13-14H2,1-2H3,(H2,21,22,23);1H. The van der Waals surface area contributed by atoms with E-state index in [-0.39, 0.29) is 24.0 Å². The molecule has 1 atom stereocenters. The van der Waals surface area contributed by atoms with Crippen molar-refractivity contribution in [1.82, 2.24) is 10.6 Å². The van der Waals surface area contributed by atoms with Gasteiger partial charge in [0.05, 0.1) is 13.1 Å². The van der Waals surface area contributed by atoms with E-state index in [1.54, 1.807) is 6.92 Å². The van der Waals surface area contributed by atoms with Crippen molar-refractivity contribution in [2.75, 3.05) is 13.1 Å². The van der Waals surface area contributed by atoms with Crippen LogP contribution in [0.5, 0.6) is 0 Å². The van der Waals surface area contributed by atoms with Crippen molar-refractivity contribution >= 4 is 45.9 Å². The van der Waals surface area contributed by atoms with Gasteiger partial charge in [-0.2, -0.15) is 0 Å². The monoisotopic (exact) mass is 517 g/mol. The van der Waals surface area contributed by atoms with Gasteiger partial charge in [0.25, 0.3) is 0 Å². The quantitative estimate of drug-likeness (QED) is 0.308. The minimum atomic E-state index is -0.965. The number of hydrogen-bond donors (Lipinski definition) is 3. The average Bonchev–Trinajstić information content (AvgIpc) is 2.58. The molecule has 1 unspecified atom stereocenters. The maximum atomic E-state index is 10.7. The zero-order valence-corrected chi connectivity index (χ0v) is 18.4. The number of benzene rings is 2. The predicted molar refractivity (Wildman–Crippen MR) is 118 cm³/mol. The number of aliphatic imine (C=N–C) groups is 1. The first-order valence-electron chi connectivity index (χ1n) is 8.06. The van der Waals surface area contributed by atoms with Crippen LogP contribution in [0.3, 0.4) is 0 Å². The van der Waals surface area contributed by atoms with E-state index in [2.05, 4.69) is 31.6 Å². The Labute approximate surface area is 175 Å². The summed E-state index contributed by atoms with van der Waals surface area (Å²) in [6.45, 7) is 5.53. The van der Waals surface area contributed by atoms with Gasteiger partial charge in [0.1, 0.15) is 5.60 Å². The van der Waals surface area contributed by atoms with Gasteiger partial charge in [-0.15, -0.1) is 24.0 Å². The van der Waals surface area contributed by atoms with E-state index in [0.717, 1.165) is 22.1 Å². The molecule has 2 rings (SSSR count). The van der Waals surface area contributed by atoms with Crippen LogP contribution < -0.4 is 10.6 Å². The zero-order chi connectivity index (χ0) is 17.4. The van der Waals surface area contributed by atoms with E-state index in [1.807, 2.05) is 61.5 Å². The molecule has 0 fully saturated rings. The molecule has 2 aromatic carbocycles. The topological polar surface area (TPSA) is 56.7 Å². The third kappa shape index (κ3) is 7.33. The van der Waals surface area contributed by atoms with Gasteiger partial charge < -0.3 is 15.7 Å². The van der Waals surface area contributed by atoms with Crippen LogP contribution in [0.2, 0.25) is 0 Å². The van der Waals surface area contributed by atoms with Crippen LogP contribution in [-0.4, -0.2) is 24.2 Å². The average molecular weight is 518 g/mol. The summed E-state index contributed by atoms with van der Waals surface area (Å²) in [5.74, 6) is 0.689. The highest BCUT2D eigenvalue weighted by atomic mass is 127. The second kappa shape index (κ2) is 10.8. The van der Waals surface area contributed by atoms with E-state index >= 15 is 0 Å². The Morgan fingerprint density at radius 3 is 2.48 bits per heavy atom. The molecule has 0 aliphatic rings. The zero-order valence-electron chi connectivity index (χ0n) is 14.5. The highest BCUT2D eigenvalue weighted by Crippen LogP contribution is 2.18. The van der Waals surface area contributed by atoms with Crippen LogP contribution >= 0.6 is 39.9 Å². The Balaban J connectivity index is 0.00000312. The molecule has 0 bridgehead atoms. The summed E-state index contributed by atoms with van der Waals surface area (Å²) in [5, 5.41) is 17.1. The second-order valence-corrected chi connectivity index (χ2v) is 6.73. The van der Waals surface area contributed by atoms with Crippen LogP contribution in [-0.2, 0) is 12.1 Å². The van der Waals surface area contributed by atoms with Crippen molar-refractivity contribution in [3.05, 3.63) is 70.2 Å². The first kappa shape index (κ1) is 21.9. The molecule has 4 nitrogen and oxygen atoms in total. The van der Waals surface area contributed by atoms with Crippen molar-refractivity contribution in [3.63, 3.8) is 0 Å². The fourth-order valence-corrected chi connectivity index (χ4v) is 2.75. The Morgan fingerprint density at radius 1 is 1.12 bits per heavy atom. The molecule has 0 aliphatic heterocycles. The van der Waals surface area contributed by atoms with Crippen LogP contribution in [0.25, 0.3) is 0 Å². The van der Waals surface area contributed by atoms with Crippen LogP contribution in [0.4, 0.5) is 0 Å². The van der Waals surface area contributed by atoms with Gasteiger partial charge in [-0.1, -0.05) is 58.4 Å². The molecule has 0 amide bonds. The van der Waals surface area contributed by atoms with Crippen molar-refractivity contribution in [1.29, 1.82) is 0 Å². The maximum Gasteiger partial charge on any atom is 0.191 e. The number of nitrogens with one attached hydrogen (secondary N) is 2. The summed E-state index contributed by atoms with van der Waals surface area (Å²) in [6, 6.07) is 17.7. The molecule has 2 aromatic rings. The number of guanidine groups is 1. The molecule has 0 aliphatic carbocycles. The van der Waals surface area contributed by atoms with E-state index in [4.69, 9.17) is 0 Å². The molecule has 25 heavy (non-hydrogen) atoms. The molecule has 136 valence electrons. The van der Waals surface area contributed by atoms with E-state index in [1.165, 1.54) is 0 Å². The highest BCUT2D eigenvalue weighted by molar-refractivity contribution is 14.0. The lowest BCUT2D eigenvalue weighted by Crippen LogP contribution is -2.44. The molecule has 3 N–H and O–H groups in total. The molecule has 0 aromatic heterocycles. The largest absolute Gasteiger partial charge is 0.384 e. The Morgan fingerprint density at radius 2 is 1.84 bits per heavy atom. The Kier molecular flexibility index (Phi) is 9.45. The number of hydrogen-bond acceptors (Lipinski definition) is 2. The smallest absolute Gasteiger partial charge is 0.191 e. The summed E-state index contributed by atoms with van der Waals surface area (Å²) >= 11 is 3.47. The van der Waals surface area contributed by atoms with Gasteiger partial charge in [-0.25, -0.2) is 4.99 Å². The lowest BCUT2D eigenvalue weighted by molar-refractivity contribution is 0.0617. The minimum absolute atomic E-state index is 0. The third-order valence-electron chi connectivity index (χ3n) is 3.65. The second-order valence-electron chi connectivity index (χ2n) is 5.82. The number of aliphatic hydroxyl groups is 1. The van der Waals surface area contributed by atoms with E-state index < -0.39 is 5.60 Å². The Bertz CT molecular complexity index is 677. The first-order valence-corrected chi connectivity index (χ1v) is 8.85. The first-order chi connectivity index (χ1) is 11.5. The highest BCUT2D eigenvalue weighted by Gasteiger charge is 2.22. The number of halogens is 2. The predicted octanol–water partition coefficient (Wildman–Crippen LogP) is 4.03. The number of rotatable bonds is 6. The van der Waals surface area contributed by atoms with Gasteiger partial charge in [0.15, 0.2) is 5.96 Å². The maximum absolute atomic E-state index is 10.7. The van der Waals surface area contributed by atoms with Crippen molar-refractivity contribution < 1.29 is 5.11 Å². The van der Waals surface area contributed by atoms with Crippen LogP contribution in [0.15, 0.2) is 64.1 Å². The lowest BCUT2D eigenvalue weighted by atomic mass is 9.96. The third-order valence-corrected chi connectivity index (χ3v) is 4.14. The van der Waals surface area contributed by atoms with Crippen molar-refractivity contribution in [2.24, 2.45) is 4.99 Å². The van der Waals surface area contributed by atoms with Gasteiger partial charge in [0, 0.05) is 11.0 Å². The molecule has 0 heterocycles. The van der Waals surface area contributed by atoms with Gasteiger partial charge >= 0.3 is 0 Å². The Hall–Kier alpha value is -1.12. The van der Waals surface area contributed by atoms with Gasteiger partial charge in [-0.05, 0) is 37.1 Å². The SMILES string of the molecule is CCNC(=NCc1cccc(Br)c1)NCC(C)(O)c1ccccc1.I. The molecule has 0 saturated heterocycles. The minimum Gasteiger partial charge on any atom is -0.384 e. The van der Waals surface area contributed by atoms with Crippen LogP contribution in [0.1, 0.15) is 25.0 Å². The summed E-state index contributed by atoms with van der Waals surface area (Å²) in [7, 11) is 0. The fourth-order valence-electron chi connectivity index (χ4n) is 2.30. The molecule has 6 heteroatoms. The molecular weight excluding hydrogens is 493 g/mol. The molecule has 0 radical (unpaired) electrons. The van der Waals surface area contributed by atoms with Gasteiger partial charge in [0.2, 0.25) is 0 Å². The molecule has 0 spiro atoms. The normalized spacial score (nSPS) is 13.5. The summed E-state index contributed by atoms with van der Waals surface area (Å²) in [6.07, 6.45) is 0. The van der Waals surface area contributed by atoms with Crippen LogP contribution in [0, 0.1) is 0 Å². The van der Waals surface area contributed by atoms with E-state index in [9.17, 15) is 5.11 Å². The molecular formula is C19H25BrIN3O. The molecule has 0 saturated carbocycles. The van der Waals surface area contributed by atoms with E-state index in [0.29, 0.717) is 19.0 Å².